The molecule has 450 valence electrons. The molecule has 0 radical (unpaired) electrons. The van der Waals surface area contributed by atoms with Gasteiger partial charge in [-0.2, -0.15) is 0 Å². The summed E-state index contributed by atoms with van der Waals surface area (Å²) in [6.45, 7) is 4.30. The molecule has 0 aromatic heterocycles. The van der Waals surface area contributed by atoms with Gasteiger partial charge < -0.3 is 45.1 Å². The molecule has 1 aliphatic rings. The minimum atomic E-state index is -1.58. The number of rotatable bonds is 56. The second-order valence-electron chi connectivity index (χ2n) is 22.4. The summed E-state index contributed by atoms with van der Waals surface area (Å²) >= 11 is 0. The third kappa shape index (κ3) is 45.0. The van der Waals surface area contributed by atoms with Crippen molar-refractivity contribution >= 4 is 11.9 Å². The summed E-state index contributed by atoms with van der Waals surface area (Å²) in [5.41, 5.74) is 0. The Morgan fingerprint density at radius 2 is 0.844 bits per heavy atom. The van der Waals surface area contributed by atoms with Gasteiger partial charge >= 0.3 is 5.97 Å². The maximum atomic E-state index is 13.0. The van der Waals surface area contributed by atoms with Crippen LogP contribution in [0.1, 0.15) is 296 Å². The largest absolute Gasteiger partial charge is 0.466 e. The average molecular weight is 1090 g/mol. The van der Waals surface area contributed by atoms with E-state index in [1.165, 1.54) is 193 Å². The lowest BCUT2D eigenvalue weighted by atomic mass is 9.99. The van der Waals surface area contributed by atoms with Crippen LogP contribution in [-0.4, -0.2) is 100 Å². The standard InChI is InChI=1S/C66H121NO10/c1-3-5-7-9-11-13-15-29-33-36-40-44-48-52-59(69)58(57-76-66-65(74)64(73)63(72)60(56-68)77-66)67-61(70)53-49-45-41-37-34-30-27-25-23-21-19-17-16-18-20-22-24-26-28-31-35-39-43-47-51-55-75-62(71)54-50-46-42-38-32-14-12-10-8-6-4-2/h11,13,17,19,33,36,48,52,58-60,63-66,68-69,72-74H,3-10,12,14-16,18,20-32,34-35,37-47,49-51,53-57H2,1-2H3,(H,67,70)/b13-11+,19-17-,36-33+,52-48+. The van der Waals surface area contributed by atoms with E-state index < -0.39 is 49.5 Å². The van der Waals surface area contributed by atoms with Gasteiger partial charge in [0.25, 0.3) is 0 Å². The number of hydrogen-bond acceptors (Lipinski definition) is 10. The Labute approximate surface area is 472 Å². The number of amides is 1. The Kier molecular flexibility index (Phi) is 52.4. The molecule has 0 aromatic rings. The highest BCUT2D eigenvalue weighted by Crippen LogP contribution is 2.23. The van der Waals surface area contributed by atoms with Crippen LogP contribution in [0.5, 0.6) is 0 Å². The van der Waals surface area contributed by atoms with Crippen molar-refractivity contribution in [2.24, 2.45) is 0 Å². The zero-order chi connectivity index (χ0) is 55.9. The molecule has 6 N–H and O–H groups in total. The molecule has 1 fully saturated rings. The Morgan fingerprint density at radius 1 is 0.468 bits per heavy atom. The third-order valence-electron chi connectivity index (χ3n) is 15.1. The molecule has 11 nitrogen and oxygen atoms in total. The molecule has 0 aliphatic carbocycles. The van der Waals surface area contributed by atoms with Crippen LogP contribution in [0.3, 0.4) is 0 Å². The van der Waals surface area contributed by atoms with Crippen molar-refractivity contribution in [1.82, 2.24) is 5.32 Å². The number of hydrogen-bond donors (Lipinski definition) is 6. The molecule has 1 heterocycles. The Balaban J connectivity index is 2.04. The van der Waals surface area contributed by atoms with Crippen LogP contribution >= 0.6 is 0 Å². The van der Waals surface area contributed by atoms with E-state index in [1.54, 1.807) is 6.08 Å². The molecule has 11 heteroatoms. The lowest BCUT2D eigenvalue weighted by Gasteiger charge is -2.40. The molecule has 0 spiro atoms. The first-order chi connectivity index (χ1) is 37.7. The van der Waals surface area contributed by atoms with Crippen molar-refractivity contribution in [3.05, 3.63) is 48.6 Å². The van der Waals surface area contributed by atoms with Crippen LogP contribution in [0.4, 0.5) is 0 Å². The molecule has 0 saturated carbocycles. The van der Waals surface area contributed by atoms with Crippen molar-refractivity contribution in [2.75, 3.05) is 19.8 Å². The fourth-order valence-corrected chi connectivity index (χ4v) is 9.99. The second-order valence-corrected chi connectivity index (χ2v) is 22.4. The molecule has 1 aliphatic heterocycles. The predicted octanol–water partition coefficient (Wildman–Crippen LogP) is 15.6. The van der Waals surface area contributed by atoms with E-state index in [-0.39, 0.29) is 18.5 Å². The summed E-state index contributed by atoms with van der Waals surface area (Å²) in [5.74, 6) is -0.198. The number of ether oxygens (including phenoxy) is 3. The highest BCUT2D eigenvalue weighted by Gasteiger charge is 2.44. The fraction of sp³-hybridized carbons (Fsp3) is 0.848. The van der Waals surface area contributed by atoms with Crippen molar-refractivity contribution < 1.29 is 49.3 Å². The topological polar surface area (TPSA) is 175 Å². The van der Waals surface area contributed by atoms with Gasteiger partial charge in [0.05, 0.1) is 32.0 Å². The fourth-order valence-electron chi connectivity index (χ4n) is 9.99. The molecule has 0 aromatic carbocycles. The van der Waals surface area contributed by atoms with Gasteiger partial charge in [-0.05, 0) is 83.5 Å². The van der Waals surface area contributed by atoms with E-state index in [0.717, 1.165) is 77.0 Å². The number of carbonyl (C=O) groups excluding carboxylic acids is 2. The van der Waals surface area contributed by atoms with Crippen LogP contribution in [0, 0.1) is 0 Å². The summed E-state index contributed by atoms with van der Waals surface area (Å²) in [5, 5.41) is 54.4. The number of carbonyl (C=O) groups is 2. The lowest BCUT2D eigenvalue weighted by Crippen LogP contribution is -2.60. The highest BCUT2D eigenvalue weighted by molar-refractivity contribution is 5.76. The lowest BCUT2D eigenvalue weighted by molar-refractivity contribution is -0.302. The minimum Gasteiger partial charge on any atom is -0.466 e. The van der Waals surface area contributed by atoms with Crippen molar-refractivity contribution in [2.45, 2.75) is 339 Å². The summed E-state index contributed by atoms with van der Waals surface area (Å²) in [7, 11) is 0. The predicted molar refractivity (Wildman–Crippen MR) is 320 cm³/mol. The summed E-state index contributed by atoms with van der Waals surface area (Å²) in [4.78, 5) is 25.1. The van der Waals surface area contributed by atoms with E-state index in [9.17, 15) is 35.1 Å². The number of unbranched alkanes of at least 4 members (excludes halogenated alkanes) is 36. The van der Waals surface area contributed by atoms with Crippen molar-refractivity contribution in [1.29, 1.82) is 0 Å². The van der Waals surface area contributed by atoms with E-state index in [0.29, 0.717) is 19.4 Å². The molecule has 7 atom stereocenters. The zero-order valence-corrected chi connectivity index (χ0v) is 49.7. The highest BCUT2D eigenvalue weighted by atomic mass is 16.7. The smallest absolute Gasteiger partial charge is 0.305 e. The van der Waals surface area contributed by atoms with Crippen LogP contribution in [-0.2, 0) is 23.8 Å². The first-order valence-electron chi connectivity index (χ1n) is 32.4. The van der Waals surface area contributed by atoms with Crippen LogP contribution in [0.15, 0.2) is 48.6 Å². The van der Waals surface area contributed by atoms with Gasteiger partial charge in [0.2, 0.25) is 5.91 Å². The van der Waals surface area contributed by atoms with Crippen LogP contribution in [0.2, 0.25) is 0 Å². The molecule has 0 bridgehead atoms. The van der Waals surface area contributed by atoms with Gasteiger partial charge in [-0.3, -0.25) is 9.59 Å². The van der Waals surface area contributed by atoms with E-state index in [1.807, 2.05) is 6.08 Å². The molecule has 77 heavy (non-hydrogen) atoms. The van der Waals surface area contributed by atoms with Crippen LogP contribution in [0.25, 0.3) is 0 Å². The number of aliphatic hydroxyl groups is 5. The maximum Gasteiger partial charge on any atom is 0.305 e. The molecule has 1 rings (SSSR count). The minimum absolute atomic E-state index is 0.00172. The van der Waals surface area contributed by atoms with Gasteiger partial charge in [-0.25, -0.2) is 0 Å². The number of nitrogens with one attached hydrogen (secondary N) is 1. The van der Waals surface area contributed by atoms with Crippen LogP contribution < -0.4 is 5.32 Å². The Morgan fingerprint density at radius 3 is 1.31 bits per heavy atom. The second kappa shape index (κ2) is 55.5. The number of aliphatic hydroxyl groups excluding tert-OH is 5. The van der Waals surface area contributed by atoms with Crippen molar-refractivity contribution in [3.8, 4) is 0 Å². The zero-order valence-electron chi connectivity index (χ0n) is 49.7. The quantitative estimate of drug-likeness (QED) is 0.0195. The van der Waals surface area contributed by atoms with E-state index in [4.69, 9.17) is 14.2 Å². The molecule has 1 saturated heterocycles. The third-order valence-corrected chi connectivity index (χ3v) is 15.1. The average Bonchev–Trinajstić information content (AvgIpc) is 3.43. The first-order valence-corrected chi connectivity index (χ1v) is 32.4. The van der Waals surface area contributed by atoms with Gasteiger partial charge in [-0.15, -0.1) is 0 Å². The first kappa shape index (κ1) is 72.6. The normalized spacial score (nSPS) is 18.9. The van der Waals surface area contributed by atoms with E-state index in [2.05, 4.69) is 55.6 Å². The van der Waals surface area contributed by atoms with Gasteiger partial charge in [0.15, 0.2) is 6.29 Å². The molecule has 7 unspecified atom stereocenters. The van der Waals surface area contributed by atoms with Gasteiger partial charge in [0, 0.05) is 12.8 Å². The monoisotopic (exact) mass is 1090 g/mol. The maximum absolute atomic E-state index is 13.0. The molecular formula is C66H121NO10. The Hall–Kier alpha value is -2.38. The SMILES string of the molecule is CCCCC/C=C/CC/C=C/CC/C=C/C(O)C(COC1OC(CO)C(O)C(O)C1O)NC(=O)CCCCCCCCCCC/C=C\CCCCCCCCCCCCCCOC(=O)CCCCCCCCCCCCC. The van der Waals surface area contributed by atoms with Crippen molar-refractivity contribution in [3.63, 3.8) is 0 Å². The Bertz CT molecular complexity index is 1420. The summed E-state index contributed by atoms with van der Waals surface area (Å²) in [6.07, 6.45) is 60.8. The summed E-state index contributed by atoms with van der Waals surface area (Å²) in [6, 6.07) is -0.837. The summed E-state index contributed by atoms with van der Waals surface area (Å²) < 4.78 is 16.7. The number of esters is 1. The molecular weight excluding hydrogens is 967 g/mol. The van der Waals surface area contributed by atoms with Gasteiger partial charge in [0.1, 0.15) is 24.4 Å². The van der Waals surface area contributed by atoms with E-state index >= 15 is 0 Å². The van der Waals surface area contributed by atoms with Gasteiger partial charge in [-0.1, -0.05) is 249 Å². The molecule has 1 amide bonds. The number of allylic oxidation sites excluding steroid dienone is 7.